The average Bonchev–Trinajstić information content (AvgIpc) is 2.85. The molecule has 0 radical (unpaired) electrons. The van der Waals surface area contributed by atoms with Gasteiger partial charge in [-0.15, -0.1) is 0 Å². The van der Waals surface area contributed by atoms with E-state index >= 15 is 0 Å². The summed E-state index contributed by atoms with van der Waals surface area (Å²) in [6.45, 7) is 4.64. The zero-order chi connectivity index (χ0) is 26.2. The summed E-state index contributed by atoms with van der Waals surface area (Å²) in [4.78, 5) is 20.8. The number of fused-ring (bicyclic) bond motifs is 1. The second-order valence-corrected chi connectivity index (χ2v) is 11.2. The molecule has 5 rings (SSSR count). The number of carbonyl (C=O) groups excluding carboxylic acids is 1. The predicted molar refractivity (Wildman–Crippen MR) is 153 cm³/mol. The number of aryl methyl sites for hydroxylation is 2. The second kappa shape index (κ2) is 10.4. The van der Waals surface area contributed by atoms with Crippen LogP contribution in [-0.2, 0) is 12.8 Å². The molecule has 0 spiro atoms. The van der Waals surface area contributed by atoms with Crippen LogP contribution >= 0.6 is 23.2 Å². The molecule has 3 aromatic carbocycles. The SMILES string of the molecule is Cc1cc(C)cc(C(=O)N2CC[C@H](N)C[C@]2(Cc2ccc(Cl)cc2Cl)Cc2ccnc3ccccc23)c1. The molecule has 1 aliphatic heterocycles. The van der Waals surface area contributed by atoms with E-state index in [1.54, 1.807) is 6.07 Å². The third kappa shape index (κ3) is 5.38. The van der Waals surface area contributed by atoms with Gasteiger partial charge in [0.15, 0.2) is 0 Å². The van der Waals surface area contributed by atoms with E-state index < -0.39 is 5.54 Å². The number of nitrogens with two attached hydrogens (primary N) is 1. The van der Waals surface area contributed by atoms with Gasteiger partial charge in [-0.1, -0.05) is 64.7 Å². The first-order valence-corrected chi connectivity index (χ1v) is 13.4. The van der Waals surface area contributed by atoms with E-state index in [0.717, 1.165) is 39.6 Å². The van der Waals surface area contributed by atoms with Crippen LogP contribution in [0.3, 0.4) is 0 Å². The Morgan fingerprint density at radius 2 is 1.73 bits per heavy atom. The standard InChI is InChI=1S/C31H31Cl2N3O/c1-20-13-21(2)15-24(14-20)30(37)36-12-10-26(34)19-31(36,18-23-7-8-25(32)16-28(23)33)17-22-9-11-35-29-6-4-3-5-27(22)29/h3-9,11,13-16,26H,10,12,17-19,34H2,1-2H3/t26-,31+/m0/s1. The fourth-order valence-corrected chi connectivity index (χ4v) is 6.36. The van der Waals surface area contributed by atoms with Gasteiger partial charge in [-0.2, -0.15) is 0 Å². The number of nitrogens with zero attached hydrogens (tertiary/aromatic N) is 2. The highest BCUT2D eigenvalue weighted by Gasteiger charge is 2.45. The Morgan fingerprint density at radius 3 is 2.49 bits per heavy atom. The van der Waals surface area contributed by atoms with Crippen molar-refractivity contribution in [3.63, 3.8) is 0 Å². The van der Waals surface area contributed by atoms with Crippen molar-refractivity contribution >= 4 is 40.0 Å². The normalized spacial score (nSPS) is 19.8. The number of benzene rings is 3. The lowest BCUT2D eigenvalue weighted by Gasteiger charge is -2.50. The lowest BCUT2D eigenvalue weighted by Crippen LogP contribution is -2.61. The van der Waals surface area contributed by atoms with Crippen LogP contribution in [0.15, 0.2) is 72.9 Å². The first-order valence-electron chi connectivity index (χ1n) is 12.7. The largest absolute Gasteiger partial charge is 0.332 e. The molecule has 1 saturated heterocycles. The number of para-hydroxylation sites is 1. The summed E-state index contributed by atoms with van der Waals surface area (Å²) in [5, 5.41) is 2.28. The number of amides is 1. The molecule has 2 heterocycles. The third-order valence-electron chi connectivity index (χ3n) is 7.45. The van der Waals surface area contributed by atoms with Gasteiger partial charge in [-0.25, -0.2) is 0 Å². The predicted octanol–water partition coefficient (Wildman–Crippen LogP) is 6.95. The van der Waals surface area contributed by atoms with E-state index in [1.165, 1.54) is 0 Å². The monoisotopic (exact) mass is 531 g/mol. The van der Waals surface area contributed by atoms with Crippen LogP contribution in [0.2, 0.25) is 10.0 Å². The number of hydrogen-bond donors (Lipinski definition) is 1. The molecule has 0 saturated carbocycles. The molecule has 1 aliphatic rings. The molecular weight excluding hydrogens is 501 g/mol. The van der Waals surface area contributed by atoms with Crippen LogP contribution in [0.1, 0.15) is 45.5 Å². The van der Waals surface area contributed by atoms with Gasteiger partial charge in [-0.05, 0) is 87.1 Å². The van der Waals surface area contributed by atoms with Crippen LogP contribution in [-0.4, -0.2) is 33.9 Å². The Labute approximate surface area is 228 Å². The highest BCUT2D eigenvalue weighted by atomic mass is 35.5. The molecule has 190 valence electrons. The molecule has 4 aromatic rings. The summed E-state index contributed by atoms with van der Waals surface area (Å²) in [7, 11) is 0. The van der Waals surface area contributed by atoms with Crippen molar-refractivity contribution in [1.29, 1.82) is 0 Å². The highest BCUT2D eigenvalue weighted by molar-refractivity contribution is 6.35. The molecule has 4 nitrogen and oxygen atoms in total. The average molecular weight is 533 g/mol. The zero-order valence-electron chi connectivity index (χ0n) is 21.2. The summed E-state index contributed by atoms with van der Waals surface area (Å²) in [6.07, 6.45) is 4.48. The van der Waals surface area contributed by atoms with E-state index in [4.69, 9.17) is 28.9 Å². The summed E-state index contributed by atoms with van der Waals surface area (Å²) in [5.74, 6) is 0.0298. The van der Waals surface area contributed by atoms with Crippen LogP contribution in [0.25, 0.3) is 10.9 Å². The number of aromatic nitrogens is 1. The number of halogens is 2. The molecule has 0 unspecified atom stereocenters. The molecule has 0 aliphatic carbocycles. The van der Waals surface area contributed by atoms with Gasteiger partial charge in [0, 0.05) is 39.8 Å². The topological polar surface area (TPSA) is 59.2 Å². The third-order valence-corrected chi connectivity index (χ3v) is 8.03. The number of hydrogen-bond acceptors (Lipinski definition) is 3. The van der Waals surface area contributed by atoms with Crippen molar-refractivity contribution in [2.24, 2.45) is 5.73 Å². The van der Waals surface area contributed by atoms with E-state index in [1.807, 2.05) is 62.5 Å². The van der Waals surface area contributed by atoms with Crippen molar-refractivity contribution in [2.75, 3.05) is 6.54 Å². The molecule has 1 aromatic heterocycles. The van der Waals surface area contributed by atoms with E-state index in [-0.39, 0.29) is 11.9 Å². The lowest BCUT2D eigenvalue weighted by atomic mass is 9.74. The minimum Gasteiger partial charge on any atom is -0.332 e. The molecule has 6 heteroatoms. The number of likely N-dealkylation sites (tertiary alicyclic amines) is 1. The first kappa shape index (κ1) is 25.7. The van der Waals surface area contributed by atoms with Gasteiger partial charge in [0.1, 0.15) is 0 Å². The fraction of sp³-hybridized carbons (Fsp3) is 0.290. The summed E-state index contributed by atoms with van der Waals surface area (Å²) < 4.78 is 0. The smallest absolute Gasteiger partial charge is 0.254 e. The maximum absolute atomic E-state index is 14.2. The van der Waals surface area contributed by atoms with Gasteiger partial charge in [0.2, 0.25) is 0 Å². The van der Waals surface area contributed by atoms with E-state index in [0.29, 0.717) is 41.4 Å². The Morgan fingerprint density at radius 1 is 1.00 bits per heavy atom. The van der Waals surface area contributed by atoms with Crippen LogP contribution in [0.4, 0.5) is 0 Å². The van der Waals surface area contributed by atoms with Gasteiger partial charge >= 0.3 is 0 Å². The van der Waals surface area contributed by atoms with Crippen LogP contribution in [0.5, 0.6) is 0 Å². The van der Waals surface area contributed by atoms with Gasteiger partial charge in [-0.3, -0.25) is 9.78 Å². The minimum atomic E-state index is -0.575. The van der Waals surface area contributed by atoms with Crippen molar-refractivity contribution in [3.8, 4) is 0 Å². The molecule has 1 amide bonds. The maximum Gasteiger partial charge on any atom is 0.254 e. The van der Waals surface area contributed by atoms with E-state index in [9.17, 15) is 4.79 Å². The van der Waals surface area contributed by atoms with Crippen molar-refractivity contribution in [2.45, 2.75) is 51.1 Å². The Bertz CT molecular complexity index is 1440. The quantitative estimate of drug-likeness (QED) is 0.303. The highest BCUT2D eigenvalue weighted by Crippen LogP contribution is 2.39. The number of piperidine rings is 1. The summed E-state index contributed by atoms with van der Waals surface area (Å²) in [6, 6.07) is 21.8. The Balaban J connectivity index is 1.66. The van der Waals surface area contributed by atoms with Crippen molar-refractivity contribution in [3.05, 3.63) is 111 Å². The Hall–Kier alpha value is -2.92. The molecule has 2 atom stereocenters. The van der Waals surface area contributed by atoms with Crippen molar-refractivity contribution < 1.29 is 4.79 Å². The first-order chi connectivity index (χ1) is 17.7. The molecule has 1 fully saturated rings. The van der Waals surface area contributed by atoms with Crippen LogP contribution < -0.4 is 5.73 Å². The summed E-state index contributed by atoms with van der Waals surface area (Å²) >= 11 is 12.9. The van der Waals surface area contributed by atoms with Gasteiger partial charge < -0.3 is 10.6 Å². The number of carbonyl (C=O) groups is 1. The maximum atomic E-state index is 14.2. The number of pyridine rings is 1. The molecule has 37 heavy (non-hydrogen) atoms. The van der Waals surface area contributed by atoms with Crippen LogP contribution in [0, 0.1) is 13.8 Å². The molecule has 0 bridgehead atoms. The van der Waals surface area contributed by atoms with Gasteiger partial charge in [0.25, 0.3) is 5.91 Å². The number of rotatable bonds is 5. The van der Waals surface area contributed by atoms with Crippen molar-refractivity contribution in [1.82, 2.24) is 9.88 Å². The minimum absolute atomic E-state index is 0.0255. The molecular formula is C31H31Cl2N3O. The zero-order valence-corrected chi connectivity index (χ0v) is 22.7. The summed E-state index contributed by atoms with van der Waals surface area (Å²) in [5.41, 5.74) is 11.9. The van der Waals surface area contributed by atoms with E-state index in [2.05, 4.69) is 28.1 Å². The fourth-order valence-electron chi connectivity index (χ4n) is 5.88. The lowest BCUT2D eigenvalue weighted by molar-refractivity contribution is 0.0270. The Kier molecular flexibility index (Phi) is 7.26. The van der Waals surface area contributed by atoms with Gasteiger partial charge in [0.05, 0.1) is 11.1 Å². The molecule has 2 N–H and O–H groups in total. The second-order valence-electron chi connectivity index (χ2n) is 10.4.